The van der Waals surface area contributed by atoms with E-state index in [0.29, 0.717) is 5.95 Å². The average molecular weight is 333 g/mol. The van der Waals surface area contributed by atoms with Crippen molar-refractivity contribution in [2.24, 2.45) is 0 Å². The number of aromatic nitrogens is 2. The molecular weight excluding hydrogens is 316 g/mol. The number of anilines is 3. The van der Waals surface area contributed by atoms with E-state index in [4.69, 9.17) is 0 Å². The van der Waals surface area contributed by atoms with Crippen LogP contribution in [0.25, 0.3) is 0 Å². The maximum Gasteiger partial charge on any atom is 0.224 e. The molecule has 0 bridgehead atoms. The molecule has 0 atom stereocenters. The van der Waals surface area contributed by atoms with E-state index in [-0.39, 0.29) is 0 Å². The number of hydrogen-bond acceptors (Lipinski definition) is 4. The van der Waals surface area contributed by atoms with E-state index in [2.05, 4.69) is 60.4 Å². The Morgan fingerprint density at radius 1 is 1.35 bits per heavy atom. The number of nitrogens with zero attached hydrogens (tertiary/aromatic N) is 3. The fraction of sp³-hybridized carbons (Fsp3) is 0.333. The van der Waals surface area contributed by atoms with Crippen molar-refractivity contribution in [3.63, 3.8) is 0 Å². The molecule has 0 fully saturated rings. The van der Waals surface area contributed by atoms with E-state index in [1.54, 1.807) is 0 Å². The topological polar surface area (TPSA) is 41.1 Å². The van der Waals surface area contributed by atoms with Gasteiger partial charge in [-0.2, -0.15) is 4.98 Å². The third-order valence-electron chi connectivity index (χ3n) is 3.43. The highest BCUT2D eigenvalue weighted by atomic mass is 79.9. The van der Waals surface area contributed by atoms with E-state index >= 15 is 0 Å². The van der Waals surface area contributed by atoms with Crippen LogP contribution in [0.3, 0.4) is 0 Å². The van der Waals surface area contributed by atoms with E-state index in [0.717, 1.165) is 36.2 Å². The van der Waals surface area contributed by atoms with E-state index in [1.807, 2.05) is 13.1 Å². The highest BCUT2D eigenvalue weighted by Gasteiger charge is 2.21. The molecule has 1 aliphatic heterocycles. The summed E-state index contributed by atoms with van der Waals surface area (Å²) >= 11 is 3.57. The quantitative estimate of drug-likeness (QED) is 0.929. The van der Waals surface area contributed by atoms with Crippen LogP contribution in [0.15, 0.2) is 34.9 Å². The summed E-state index contributed by atoms with van der Waals surface area (Å²) in [5.74, 6) is 1.61. The number of halogens is 1. The largest absolute Gasteiger partial charge is 0.354 e. The molecule has 104 valence electrons. The molecule has 0 amide bonds. The van der Waals surface area contributed by atoms with Gasteiger partial charge in [0.1, 0.15) is 0 Å². The summed E-state index contributed by atoms with van der Waals surface area (Å²) in [7, 11) is 0. The molecular formula is C15H17BrN4. The summed E-state index contributed by atoms with van der Waals surface area (Å²) in [6, 6.07) is 8.54. The van der Waals surface area contributed by atoms with Crippen LogP contribution in [0, 0.1) is 0 Å². The first-order chi connectivity index (χ1) is 9.79. The van der Waals surface area contributed by atoms with Crippen molar-refractivity contribution in [1.82, 2.24) is 9.97 Å². The number of fused-ring (bicyclic) bond motifs is 1. The maximum atomic E-state index is 4.64. The minimum atomic E-state index is 0.675. The van der Waals surface area contributed by atoms with Gasteiger partial charge in [0.05, 0.1) is 4.47 Å². The number of nitrogens with one attached hydrogen (secondary N) is 1. The Kier molecular flexibility index (Phi) is 3.87. The number of rotatable bonds is 3. The summed E-state index contributed by atoms with van der Waals surface area (Å²) < 4.78 is 0.927. The number of aryl methyl sites for hydroxylation is 1. The summed E-state index contributed by atoms with van der Waals surface area (Å²) in [5.41, 5.74) is 2.63. The molecule has 0 saturated carbocycles. The van der Waals surface area contributed by atoms with Crippen molar-refractivity contribution in [3.05, 3.63) is 40.5 Å². The second-order valence-corrected chi connectivity index (χ2v) is 5.63. The van der Waals surface area contributed by atoms with Gasteiger partial charge < -0.3 is 10.2 Å². The number of hydrogen-bond donors (Lipinski definition) is 1. The van der Waals surface area contributed by atoms with Crippen LogP contribution < -0.4 is 10.2 Å². The second-order valence-electron chi connectivity index (χ2n) is 4.78. The molecule has 0 spiro atoms. The average Bonchev–Trinajstić information content (AvgIpc) is 2.49. The molecule has 3 rings (SSSR count). The SMILES string of the molecule is CCNc1ncc(Br)c(N2CCCc3ccccc32)n1. The Morgan fingerprint density at radius 2 is 2.20 bits per heavy atom. The molecule has 0 unspecified atom stereocenters. The van der Waals surface area contributed by atoms with Crippen LogP contribution in [0.5, 0.6) is 0 Å². The Bertz CT molecular complexity index is 615. The first-order valence-electron chi connectivity index (χ1n) is 6.91. The predicted octanol–water partition coefficient (Wildman–Crippen LogP) is 3.76. The lowest BCUT2D eigenvalue weighted by Crippen LogP contribution is -2.26. The summed E-state index contributed by atoms with van der Waals surface area (Å²) in [6.45, 7) is 3.84. The lowest BCUT2D eigenvalue weighted by atomic mass is 10.0. The summed E-state index contributed by atoms with van der Waals surface area (Å²) in [6.07, 6.45) is 4.09. The molecule has 5 heteroatoms. The number of benzene rings is 1. The van der Waals surface area contributed by atoms with Gasteiger partial charge >= 0.3 is 0 Å². The lowest BCUT2D eigenvalue weighted by molar-refractivity contribution is 0.757. The van der Waals surface area contributed by atoms with Gasteiger partial charge in [0.15, 0.2) is 5.82 Å². The molecule has 0 aliphatic carbocycles. The van der Waals surface area contributed by atoms with Gasteiger partial charge in [0.2, 0.25) is 5.95 Å². The van der Waals surface area contributed by atoms with Crippen molar-refractivity contribution in [2.75, 3.05) is 23.3 Å². The van der Waals surface area contributed by atoms with Gasteiger partial charge in [0, 0.05) is 25.0 Å². The fourth-order valence-corrected chi connectivity index (χ4v) is 2.95. The smallest absolute Gasteiger partial charge is 0.224 e. The third kappa shape index (κ3) is 2.50. The molecule has 20 heavy (non-hydrogen) atoms. The van der Waals surface area contributed by atoms with Gasteiger partial charge in [-0.3, -0.25) is 0 Å². The molecule has 2 heterocycles. The summed E-state index contributed by atoms with van der Waals surface area (Å²) in [5, 5.41) is 3.17. The zero-order chi connectivity index (χ0) is 13.9. The monoisotopic (exact) mass is 332 g/mol. The maximum absolute atomic E-state index is 4.64. The number of para-hydroxylation sites is 1. The minimum Gasteiger partial charge on any atom is -0.354 e. The fourth-order valence-electron chi connectivity index (χ4n) is 2.54. The first-order valence-corrected chi connectivity index (χ1v) is 7.70. The second kappa shape index (κ2) is 5.79. The molecule has 0 radical (unpaired) electrons. The van der Waals surface area contributed by atoms with Crippen LogP contribution >= 0.6 is 15.9 Å². The van der Waals surface area contributed by atoms with Crippen molar-refractivity contribution < 1.29 is 0 Å². The lowest BCUT2D eigenvalue weighted by Gasteiger charge is -2.31. The van der Waals surface area contributed by atoms with Gasteiger partial charge in [-0.25, -0.2) is 4.98 Å². The third-order valence-corrected chi connectivity index (χ3v) is 3.99. The van der Waals surface area contributed by atoms with Crippen molar-refractivity contribution in [2.45, 2.75) is 19.8 Å². The molecule has 1 aromatic heterocycles. The molecule has 4 nitrogen and oxygen atoms in total. The summed E-state index contributed by atoms with van der Waals surface area (Å²) in [4.78, 5) is 11.2. The standard InChI is InChI=1S/C15H17BrN4/c1-2-17-15-18-10-12(16)14(19-15)20-9-5-7-11-6-3-4-8-13(11)20/h3-4,6,8,10H,2,5,7,9H2,1H3,(H,17,18,19). The Labute approximate surface area is 127 Å². The Hall–Kier alpha value is -1.62. The molecule has 1 aliphatic rings. The van der Waals surface area contributed by atoms with Gasteiger partial charge in [-0.15, -0.1) is 0 Å². The first kappa shape index (κ1) is 13.4. The molecule has 1 N–H and O–H groups in total. The zero-order valence-electron chi connectivity index (χ0n) is 11.4. The highest BCUT2D eigenvalue weighted by Crippen LogP contribution is 2.35. The highest BCUT2D eigenvalue weighted by molar-refractivity contribution is 9.10. The Balaban J connectivity index is 2.03. The van der Waals surface area contributed by atoms with Crippen LogP contribution in [0.1, 0.15) is 18.9 Å². The minimum absolute atomic E-state index is 0.675. The van der Waals surface area contributed by atoms with Crippen molar-refractivity contribution in [3.8, 4) is 0 Å². The van der Waals surface area contributed by atoms with Crippen LogP contribution in [0.2, 0.25) is 0 Å². The van der Waals surface area contributed by atoms with Gasteiger partial charge in [-0.05, 0) is 47.3 Å². The van der Waals surface area contributed by atoms with Gasteiger partial charge in [-0.1, -0.05) is 18.2 Å². The van der Waals surface area contributed by atoms with E-state index in [9.17, 15) is 0 Å². The van der Waals surface area contributed by atoms with E-state index < -0.39 is 0 Å². The predicted molar refractivity (Wildman–Crippen MR) is 85.7 cm³/mol. The zero-order valence-corrected chi connectivity index (χ0v) is 13.0. The molecule has 2 aromatic rings. The van der Waals surface area contributed by atoms with E-state index in [1.165, 1.54) is 11.3 Å². The van der Waals surface area contributed by atoms with Crippen molar-refractivity contribution >= 4 is 33.4 Å². The van der Waals surface area contributed by atoms with Gasteiger partial charge in [0.25, 0.3) is 0 Å². The van der Waals surface area contributed by atoms with Crippen molar-refractivity contribution in [1.29, 1.82) is 0 Å². The van der Waals surface area contributed by atoms with Crippen LogP contribution in [0.4, 0.5) is 17.5 Å². The Morgan fingerprint density at radius 3 is 3.05 bits per heavy atom. The molecule has 0 saturated heterocycles. The van der Waals surface area contributed by atoms with Crippen LogP contribution in [-0.4, -0.2) is 23.1 Å². The normalized spacial score (nSPS) is 14.0. The molecule has 1 aromatic carbocycles. The van der Waals surface area contributed by atoms with Crippen LogP contribution in [-0.2, 0) is 6.42 Å².